The van der Waals surface area contributed by atoms with Gasteiger partial charge < -0.3 is 23.8 Å². The number of amides is 3. The number of nitrogens with zero attached hydrogens (tertiary/aromatic N) is 4. The van der Waals surface area contributed by atoms with E-state index in [0.29, 0.717) is 30.5 Å². The van der Waals surface area contributed by atoms with E-state index in [1.807, 2.05) is 29.8 Å². The molecule has 8 rings (SSSR count). The van der Waals surface area contributed by atoms with E-state index < -0.39 is 11.9 Å². The van der Waals surface area contributed by atoms with Crippen molar-refractivity contribution in [2.24, 2.45) is 7.05 Å². The number of rotatable bonds is 7. The van der Waals surface area contributed by atoms with Gasteiger partial charge in [-0.3, -0.25) is 29.4 Å². The van der Waals surface area contributed by atoms with Crippen LogP contribution in [0.3, 0.4) is 0 Å². The lowest BCUT2D eigenvalue weighted by Gasteiger charge is -2.56. The molecule has 11 nitrogen and oxygen atoms in total. The van der Waals surface area contributed by atoms with Crippen molar-refractivity contribution in [3.05, 3.63) is 75.0 Å². The first-order chi connectivity index (χ1) is 23.7. The minimum atomic E-state index is -0.621. The van der Waals surface area contributed by atoms with E-state index >= 15 is 0 Å². The molecule has 2 aromatic carbocycles. The Kier molecular flexibility index (Phi) is 7.75. The maximum Gasteiger partial charge on any atom is 0.259 e. The molecule has 0 radical (unpaired) electrons. The van der Waals surface area contributed by atoms with Gasteiger partial charge in [-0.2, -0.15) is 0 Å². The third-order valence-electron chi connectivity index (χ3n) is 11.0. The first-order valence-electron chi connectivity index (χ1n) is 16.8. The van der Waals surface area contributed by atoms with Crippen molar-refractivity contribution in [3.63, 3.8) is 0 Å². The third kappa shape index (κ3) is 5.19. The molecule has 1 aliphatic carbocycles. The first kappa shape index (κ1) is 31.6. The molecule has 1 spiro atoms. The standard InChI is InChI=1S/C37H39N5O6S/c1-39-19-27(33-25(35(39)45)9-14-49-33)23-15-30(47-2)28(31(16-23)48-3)20-41-13-12-40(21-37(41)10-4-11-37)24-6-5-22-18-42(36(46)26(22)17-24)29-7-8-32(43)38-34(29)44/h5-6,9,14-17,19,29H,4,7-8,10-13,18,20-21H2,1-3H3,(H,38,43,44). The van der Waals surface area contributed by atoms with Crippen LogP contribution in [-0.2, 0) is 29.7 Å². The number of aryl methyl sites for hydroxylation is 1. The van der Waals surface area contributed by atoms with Crippen molar-refractivity contribution in [2.75, 3.05) is 38.8 Å². The molecule has 2 aromatic heterocycles. The second kappa shape index (κ2) is 12.0. The Labute approximate surface area is 288 Å². The van der Waals surface area contributed by atoms with Gasteiger partial charge in [0.05, 0.1) is 25.2 Å². The highest BCUT2D eigenvalue weighted by molar-refractivity contribution is 7.17. The zero-order valence-corrected chi connectivity index (χ0v) is 28.7. The number of hydrogen-bond acceptors (Lipinski definition) is 9. The summed E-state index contributed by atoms with van der Waals surface area (Å²) in [5, 5.41) is 5.04. The number of fused-ring (bicyclic) bond motifs is 2. The minimum absolute atomic E-state index is 0.0128. The van der Waals surface area contributed by atoms with Gasteiger partial charge in [-0.15, -0.1) is 11.3 Å². The maximum atomic E-state index is 13.5. The lowest BCUT2D eigenvalue weighted by molar-refractivity contribution is -0.136. The van der Waals surface area contributed by atoms with E-state index in [1.165, 1.54) is 0 Å². The molecule has 1 N–H and O–H groups in total. The molecule has 1 atom stereocenters. The van der Waals surface area contributed by atoms with Crippen LogP contribution in [0, 0.1) is 0 Å². The van der Waals surface area contributed by atoms with Crippen LogP contribution < -0.4 is 25.2 Å². The number of imide groups is 1. The summed E-state index contributed by atoms with van der Waals surface area (Å²) in [5.74, 6) is 0.677. The quantitative estimate of drug-likeness (QED) is 0.288. The van der Waals surface area contributed by atoms with Crippen LogP contribution >= 0.6 is 11.3 Å². The van der Waals surface area contributed by atoms with Crippen LogP contribution in [0.5, 0.6) is 11.5 Å². The van der Waals surface area contributed by atoms with E-state index in [2.05, 4.69) is 33.3 Å². The van der Waals surface area contributed by atoms with E-state index in [-0.39, 0.29) is 29.3 Å². The number of piperazine rings is 1. The number of piperidine rings is 1. The van der Waals surface area contributed by atoms with Crippen molar-refractivity contribution in [3.8, 4) is 22.6 Å². The zero-order valence-electron chi connectivity index (χ0n) is 27.9. The zero-order chi connectivity index (χ0) is 34.0. The van der Waals surface area contributed by atoms with Crippen LogP contribution in [-0.4, -0.2) is 77.5 Å². The number of anilines is 1. The number of thiophene rings is 1. The average Bonchev–Trinajstić information content (AvgIpc) is 3.71. The Bertz CT molecular complexity index is 2060. The fourth-order valence-electron chi connectivity index (χ4n) is 8.16. The second-order valence-corrected chi connectivity index (χ2v) is 14.6. The Hall–Kier alpha value is -4.68. The Morgan fingerprint density at radius 2 is 1.76 bits per heavy atom. The minimum Gasteiger partial charge on any atom is -0.496 e. The van der Waals surface area contributed by atoms with Crippen molar-refractivity contribution in [2.45, 2.75) is 56.8 Å². The molecule has 0 bridgehead atoms. The van der Waals surface area contributed by atoms with Crippen LogP contribution in [0.2, 0.25) is 0 Å². The van der Waals surface area contributed by atoms with E-state index in [9.17, 15) is 19.2 Å². The molecule has 49 heavy (non-hydrogen) atoms. The molecular formula is C37H39N5O6S. The first-order valence-corrected chi connectivity index (χ1v) is 17.7. The number of hydrogen-bond donors (Lipinski definition) is 1. The molecule has 1 unspecified atom stereocenters. The summed E-state index contributed by atoms with van der Waals surface area (Å²) in [5.41, 5.74) is 5.43. The third-order valence-corrected chi connectivity index (χ3v) is 12.0. The fourth-order valence-corrected chi connectivity index (χ4v) is 9.08. The number of ether oxygens (including phenoxy) is 2. The summed E-state index contributed by atoms with van der Waals surface area (Å²) < 4.78 is 14.6. The molecule has 2 saturated heterocycles. The van der Waals surface area contributed by atoms with Gasteiger partial charge in [-0.1, -0.05) is 6.07 Å². The van der Waals surface area contributed by atoms with Crippen molar-refractivity contribution < 1.29 is 23.9 Å². The second-order valence-electron chi connectivity index (χ2n) is 13.6. The molecule has 4 aromatic rings. The molecule has 12 heteroatoms. The maximum absolute atomic E-state index is 13.5. The molecule has 1 saturated carbocycles. The van der Waals surface area contributed by atoms with Gasteiger partial charge in [-0.25, -0.2) is 0 Å². The number of pyridine rings is 1. The largest absolute Gasteiger partial charge is 0.496 e. The van der Waals surface area contributed by atoms with Crippen LogP contribution in [0.15, 0.2) is 52.8 Å². The molecule has 3 fully saturated rings. The Morgan fingerprint density at radius 3 is 2.45 bits per heavy atom. The predicted molar refractivity (Wildman–Crippen MR) is 187 cm³/mol. The molecule has 5 heterocycles. The molecule has 3 aliphatic heterocycles. The highest BCUT2D eigenvalue weighted by Gasteiger charge is 2.47. The number of nitrogens with one attached hydrogen (secondary N) is 1. The molecule has 3 amide bonds. The summed E-state index contributed by atoms with van der Waals surface area (Å²) in [4.78, 5) is 57.0. The molecular weight excluding hydrogens is 643 g/mol. The van der Waals surface area contributed by atoms with Crippen LogP contribution in [0.1, 0.15) is 53.6 Å². The van der Waals surface area contributed by atoms with Crippen LogP contribution in [0.4, 0.5) is 5.69 Å². The summed E-state index contributed by atoms with van der Waals surface area (Å²) in [6.45, 7) is 3.52. The predicted octanol–water partition coefficient (Wildman–Crippen LogP) is 4.29. The topological polar surface area (TPSA) is 113 Å². The SMILES string of the molecule is COc1cc(-c2cn(C)c(=O)c3ccsc23)cc(OC)c1CN1CCN(c2ccc3c(c2)C(=O)N(C2CCC(=O)NC2=O)C3)CC12CCC2. The van der Waals surface area contributed by atoms with Gasteiger partial charge in [0.15, 0.2) is 0 Å². The number of methoxy groups -OCH3 is 2. The molecule has 254 valence electrons. The van der Waals surface area contributed by atoms with E-state index in [1.54, 1.807) is 42.1 Å². The van der Waals surface area contributed by atoms with E-state index in [0.717, 1.165) is 83.0 Å². The van der Waals surface area contributed by atoms with Crippen molar-refractivity contribution in [1.82, 2.24) is 19.7 Å². The van der Waals surface area contributed by atoms with Gasteiger partial charge >= 0.3 is 0 Å². The van der Waals surface area contributed by atoms with Crippen molar-refractivity contribution >= 4 is 44.8 Å². The van der Waals surface area contributed by atoms with Gasteiger partial charge in [-0.05, 0) is 72.5 Å². The summed E-state index contributed by atoms with van der Waals surface area (Å²) in [7, 11) is 5.16. The van der Waals surface area contributed by atoms with Gasteiger partial charge in [0, 0.05) is 79.4 Å². The van der Waals surface area contributed by atoms with Crippen LogP contribution in [0.25, 0.3) is 21.2 Å². The smallest absolute Gasteiger partial charge is 0.259 e. The van der Waals surface area contributed by atoms with Gasteiger partial charge in [0.25, 0.3) is 11.5 Å². The lowest BCUT2D eigenvalue weighted by atomic mass is 9.73. The number of aromatic nitrogens is 1. The Morgan fingerprint density at radius 1 is 0.980 bits per heavy atom. The Balaban J connectivity index is 1.04. The number of benzene rings is 2. The number of carbonyl (C=O) groups excluding carboxylic acids is 3. The fraction of sp³-hybridized carbons (Fsp3) is 0.405. The highest BCUT2D eigenvalue weighted by atomic mass is 32.1. The molecule has 4 aliphatic rings. The lowest BCUT2D eigenvalue weighted by Crippen LogP contribution is -2.65. The van der Waals surface area contributed by atoms with Gasteiger partial charge in [0.1, 0.15) is 17.5 Å². The van der Waals surface area contributed by atoms with E-state index in [4.69, 9.17) is 9.47 Å². The van der Waals surface area contributed by atoms with Crippen molar-refractivity contribution in [1.29, 1.82) is 0 Å². The normalized spacial score (nSPS) is 20.5. The summed E-state index contributed by atoms with van der Waals surface area (Å²) >= 11 is 1.56. The average molecular weight is 682 g/mol. The summed E-state index contributed by atoms with van der Waals surface area (Å²) in [6, 6.07) is 11.5. The number of carbonyl (C=O) groups is 3. The van der Waals surface area contributed by atoms with Gasteiger partial charge in [0.2, 0.25) is 11.8 Å². The summed E-state index contributed by atoms with van der Waals surface area (Å²) in [6.07, 6.45) is 5.79. The highest BCUT2D eigenvalue weighted by Crippen LogP contribution is 2.45. The monoisotopic (exact) mass is 681 g/mol.